The number of nitriles is 1. The zero-order chi connectivity index (χ0) is 23.8. The van der Waals surface area contributed by atoms with Crippen LogP contribution in [0.5, 0.6) is 5.75 Å². The summed E-state index contributed by atoms with van der Waals surface area (Å²) in [5, 5.41) is 12.9. The van der Waals surface area contributed by atoms with Gasteiger partial charge in [-0.1, -0.05) is 32.4 Å². The third-order valence-electron chi connectivity index (χ3n) is 5.59. The van der Waals surface area contributed by atoms with Crippen molar-refractivity contribution in [2.24, 2.45) is 0 Å². The highest BCUT2D eigenvalue weighted by molar-refractivity contribution is 7.17. The summed E-state index contributed by atoms with van der Waals surface area (Å²) in [5.74, 6) is -0.00205. The van der Waals surface area contributed by atoms with Crippen molar-refractivity contribution in [1.82, 2.24) is 0 Å². The summed E-state index contributed by atoms with van der Waals surface area (Å²) < 4.78 is 10.9. The zero-order valence-corrected chi connectivity index (χ0v) is 20.2. The van der Waals surface area contributed by atoms with E-state index in [1.54, 1.807) is 6.92 Å². The number of nitrogens with zero attached hydrogens (tertiary/aromatic N) is 1. The molecule has 1 aromatic carbocycles. The summed E-state index contributed by atoms with van der Waals surface area (Å²) in [6, 6.07) is 9.23. The molecule has 1 atom stereocenters. The van der Waals surface area contributed by atoms with Crippen LogP contribution < -0.4 is 10.1 Å². The Bertz CT molecular complexity index is 1060. The minimum absolute atomic E-state index is 0.0381. The average Bonchev–Trinajstić information content (AvgIpc) is 3.18. The van der Waals surface area contributed by atoms with Gasteiger partial charge in [0.2, 0.25) is 0 Å². The van der Waals surface area contributed by atoms with Gasteiger partial charge in [-0.05, 0) is 67.9 Å². The highest BCUT2D eigenvalue weighted by Gasteiger charge is 2.31. The van der Waals surface area contributed by atoms with Gasteiger partial charge in [-0.15, -0.1) is 11.3 Å². The first kappa shape index (κ1) is 24.5. The molecule has 1 aliphatic carbocycles. The number of hydrogen-bond donors (Lipinski definition) is 1. The van der Waals surface area contributed by atoms with E-state index in [2.05, 4.69) is 19.2 Å². The molecule has 1 heterocycles. The van der Waals surface area contributed by atoms with Crippen molar-refractivity contribution >= 4 is 34.3 Å². The van der Waals surface area contributed by atoms with Crippen molar-refractivity contribution < 1.29 is 19.1 Å². The molecule has 2 aromatic rings. The van der Waals surface area contributed by atoms with Crippen LogP contribution in [0.1, 0.15) is 78.7 Å². The minimum atomic E-state index is -0.544. The van der Waals surface area contributed by atoms with E-state index in [-0.39, 0.29) is 18.1 Å². The normalized spacial score (nSPS) is 15.3. The third-order valence-corrected chi connectivity index (χ3v) is 6.77. The van der Waals surface area contributed by atoms with Crippen LogP contribution in [0.15, 0.2) is 29.8 Å². The summed E-state index contributed by atoms with van der Waals surface area (Å²) >= 11 is 1.41. The fraction of sp³-hybridized carbons (Fsp3) is 0.423. The van der Waals surface area contributed by atoms with Gasteiger partial charge >= 0.3 is 5.97 Å². The molecule has 0 saturated carbocycles. The molecule has 0 spiro atoms. The number of fused-ring (bicyclic) bond motifs is 1. The predicted octanol–water partition coefficient (Wildman–Crippen LogP) is 6.09. The number of aryl methyl sites for hydroxylation is 1. The lowest BCUT2D eigenvalue weighted by molar-refractivity contribution is -0.112. The summed E-state index contributed by atoms with van der Waals surface area (Å²) in [4.78, 5) is 26.8. The van der Waals surface area contributed by atoms with E-state index in [9.17, 15) is 14.9 Å². The summed E-state index contributed by atoms with van der Waals surface area (Å²) in [6.07, 6.45) is 6.49. The van der Waals surface area contributed by atoms with Gasteiger partial charge in [0, 0.05) is 4.88 Å². The Morgan fingerprint density at radius 1 is 1.27 bits per heavy atom. The molecule has 1 amide bonds. The van der Waals surface area contributed by atoms with E-state index in [0.29, 0.717) is 22.7 Å². The quantitative estimate of drug-likeness (QED) is 0.209. The maximum absolute atomic E-state index is 12.9. The van der Waals surface area contributed by atoms with E-state index >= 15 is 0 Å². The molecule has 33 heavy (non-hydrogen) atoms. The van der Waals surface area contributed by atoms with Gasteiger partial charge < -0.3 is 14.8 Å². The second-order valence-electron chi connectivity index (χ2n) is 8.05. The molecule has 1 unspecified atom stereocenters. The Kier molecular flexibility index (Phi) is 8.67. The molecule has 1 aliphatic rings. The highest BCUT2D eigenvalue weighted by atomic mass is 32.1. The SMILES string of the molecule is CCCCOc1ccc(/C=C(\C#N)C(=O)Nc2sc3c(c2C(=O)OCC)C(C)CCC3)cc1. The van der Waals surface area contributed by atoms with Crippen molar-refractivity contribution in [2.45, 2.75) is 58.8 Å². The van der Waals surface area contributed by atoms with Crippen molar-refractivity contribution in [3.05, 3.63) is 51.4 Å². The lowest BCUT2D eigenvalue weighted by Crippen LogP contribution is -2.17. The molecule has 0 radical (unpaired) electrons. The number of anilines is 1. The Hall–Kier alpha value is -3.11. The fourth-order valence-electron chi connectivity index (χ4n) is 3.89. The molecular weight excluding hydrogens is 436 g/mol. The smallest absolute Gasteiger partial charge is 0.341 e. The fourth-order valence-corrected chi connectivity index (χ4v) is 5.23. The molecule has 6 nitrogen and oxygen atoms in total. The number of amides is 1. The van der Waals surface area contributed by atoms with Crippen LogP contribution in [0, 0.1) is 11.3 Å². The van der Waals surface area contributed by atoms with Crippen LogP contribution in [0.2, 0.25) is 0 Å². The van der Waals surface area contributed by atoms with Crippen LogP contribution in [0.3, 0.4) is 0 Å². The number of hydrogen-bond acceptors (Lipinski definition) is 6. The summed E-state index contributed by atoms with van der Waals surface area (Å²) in [6.45, 7) is 6.87. The summed E-state index contributed by atoms with van der Waals surface area (Å²) in [5.41, 5.74) is 2.09. The van der Waals surface area contributed by atoms with Crippen molar-refractivity contribution in [1.29, 1.82) is 5.26 Å². The third kappa shape index (κ3) is 6.02. The zero-order valence-electron chi connectivity index (χ0n) is 19.4. The number of thiophene rings is 1. The second kappa shape index (κ2) is 11.7. The topological polar surface area (TPSA) is 88.4 Å². The van der Waals surface area contributed by atoms with Crippen molar-refractivity contribution in [3.8, 4) is 11.8 Å². The molecule has 0 bridgehead atoms. The lowest BCUT2D eigenvalue weighted by atomic mass is 9.86. The monoisotopic (exact) mass is 466 g/mol. The molecule has 1 aromatic heterocycles. The number of carbonyl (C=O) groups excluding carboxylic acids is 2. The van der Waals surface area contributed by atoms with Crippen LogP contribution in [-0.2, 0) is 16.0 Å². The number of benzene rings is 1. The van der Waals surface area contributed by atoms with Crippen molar-refractivity contribution in [3.63, 3.8) is 0 Å². The van der Waals surface area contributed by atoms with E-state index < -0.39 is 11.9 Å². The maximum Gasteiger partial charge on any atom is 0.341 e. The number of unbranched alkanes of at least 4 members (excludes halogenated alkanes) is 1. The molecule has 7 heteroatoms. The predicted molar refractivity (Wildman–Crippen MR) is 131 cm³/mol. The van der Waals surface area contributed by atoms with E-state index in [4.69, 9.17) is 9.47 Å². The Labute approximate surface area is 199 Å². The standard InChI is InChI=1S/C26H30N2O4S/c1-4-6-14-32-20-12-10-18(11-13-20)15-19(16-27)24(29)28-25-23(26(30)31-5-2)22-17(3)8-7-9-21(22)33-25/h10-13,15,17H,4-9,14H2,1-3H3,(H,28,29)/b19-15+. The van der Waals surface area contributed by atoms with E-state index in [0.717, 1.165) is 48.3 Å². The molecule has 0 aliphatic heterocycles. The molecule has 174 valence electrons. The molecule has 3 rings (SSSR count). The first-order valence-electron chi connectivity index (χ1n) is 11.5. The average molecular weight is 467 g/mol. The number of nitrogens with one attached hydrogen (secondary N) is 1. The Morgan fingerprint density at radius 2 is 2.03 bits per heavy atom. The summed E-state index contributed by atoms with van der Waals surface area (Å²) in [7, 11) is 0. The van der Waals surface area contributed by atoms with E-state index in [1.807, 2.05) is 30.3 Å². The number of ether oxygens (including phenoxy) is 2. The lowest BCUT2D eigenvalue weighted by Gasteiger charge is -2.19. The number of rotatable bonds is 9. The molecular formula is C26H30N2O4S. The van der Waals surface area contributed by atoms with Crippen LogP contribution in [-0.4, -0.2) is 25.1 Å². The first-order valence-corrected chi connectivity index (χ1v) is 12.3. The Morgan fingerprint density at radius 3 is 2.70 bits per heavy atom. The van der Waals surface area contributed by atoms with Gasteiger partial charge in [-0.3, -0.25) is 4.79 Å². The van der Waals surface area contributed by atoms with Crippen LogP contribution in [0.4, 0.5) is 5.00 Å². The van der Waals surface area contributed by atoms with Gasteiger partial charge in [0.1, 0.15) is 22.4 Å². The van der Waals surface area contributed by atoms with Crippen LogP contribution in [0.25, 0.3) is 6.08 Å². The largest absolute Gasteiger partial charge is 0.494 e. The van der Waals surface area contributed by atoms with Crippen molar-refractivity contribution in [2.75, 3.05) is 18.5 Å². The highest BCUT2D eigenvalue weighted by Crippen LogP contribution is 2.43. The molecule has 1 N–H and O–H groups in total. The van der Waals surface area contributed by atoms with Gasteiger partial charge in [0.25, 0.3) is 5.91 Å². The molecule has 0 fully saturated rings. The van der Waals surface area contributed by atoms with Gasteiger partial charge in [0.05, 0.1) is 18.8 Å². The first-order chi connectivity index (χ1) is 16.0. The van der Waals surface area contributed by atoms with Crippen LogP contribution >= 0.6 is 11.3 Å². The van der Waals surface area contributed by atoms with E-state index in [1.165, 1.54) is 17.4 Å². The second-order valence-corrected chi connectivity index (χ2v) is 9.16. The number of carbonyl (C=O) groups is 2. The minimum Gasteiger partial charge on any atom is -0.494 e. The number of esters is 1. The van der Waals surface area contributed by atoms with Gasteiger partial charge in [-0.25, -0.2) is 4.79 Å². The Balaban J connectivity index is 1.82. The van der Waals surface area contributed by atoms with Gasteiger partial charge in [0.15, 0.2) is 0 Å². The maximum atomic E-state index is 12.9. The molecule has 0 saturated heterocycles. The van der Waals surface area contributed by atoms with Gasteiger partial charge in [-0.2, -0.15) is 5.26 Å².